The van der Waals surface area contributed by atoms with Crippen molar-refractivity contribution in [2.75, 3.05) is 18.5 Å². The predicted molar refractivity (Wildman–Crippen MR) is 69.8 cm³/mol. The van der Waals surface area contributed by atoms with Gasteiger partial charge in [0.25, 0.3) is 0 Å². The van der Waals surface area contributed by atoms with Crippen LogP contribution in [0.25, 0.3) is 0 Å². The number of benzene rings is 1. The van der Waals surface area contributed by atoms with Crippen molar-refractivity contribution in [3.8, 4) is 0 Å². The summed E-state index contributed by atoms with van der Waals surface area (Å²) in [5.41, 5.74) is 3.36. The molecule has 0 fully saturated rings. The lowest BCUT2D eigenvalue weighted by atomic mass is 10.1. The maximum absolute atomic E-state index is 9.36. The Balaban J connectivity index is 2.85. The van der Waals surface area contributed by atoms with Crippen molar-refractivity contribution in [3.05, 3.63) is 29.3 Å². The average Bonchev–Trinajstić information content (AvgIpc) is 2.28. The van der Waals surface area contributed by atoms with E-state index < -0.39 is 0 Å². The van der Waals surface area contributed by atoms with Gasteiger partial charge in [-0.3, -0.25) is 0 Å². The first-order valence-corrected chi connectivity index (χ1v) is 6.00. The second kappa shape index (κ2) is 5.90. The van der Waals surface area contributed by atoms with Crippen LogP contribution in [0.1, 0.15) is 31.4 Å². The van der Waals surface area contributed by atoms with E-state index in [1.54, 1.807) is 0 Å². The highest BCUT2D eigenvalue weighted by atomic mass is 16.3. The minimum atomic E-state index is 0.113. The van der Waals surface area contributed by atoms with E-state index in [0.29, 0.717) is 5.92 Å². The Morgan fingerprint density at radius 3 is 2.62 bits per heavy atom. The molecule has 0 amide bonds. The maximum atomic E-state index is 9.36. The number of aliphatic hydroxyl groups is 1. The normalized spacial score (nSPS) is 12.6. The molecule has 0 aliphatic heterocycles. The van der Waals surface area contributed by atoms with Crippen LogP contribution < -0.4 is 4.90 Å². The van der Waals surface area contributed by atoms with Crippen molar-refractivity contribution in [1.82, 2.24) is 0 Å². The molecule has 1 unspecified atom stereocenters. The molecule has 0 aromatic heterocycles. The summed E-state index contributed by atoms with van der Waals surface area (Å²) in [5, 5.41) is 9.36. The highest BCUT2D eigenvalue weighted by Crippen LogP contribution is 2.22. The standard InChI is InChI=1S/C14H23NO/c1-5-11(2)9-15(4)14-7-6-12(3)8-13(14)10-16/h6-8,11,16H,5,9-10H2,1-4H3. The van der Waals surface area contributed by atoms with Crippen molar-refractivity contribution >= 4 is 5.69 Å². The Kier molecular flexibility index (Phi) is 4.81. The SMILES string of the molecule is CCC(C)CN(C)c1ccc(C)cc1CO. The van der Waals surface area contributed by atoms with Gasteiger partial charge < -0.3 is 10.0 Å². The Labute approximate surface area is 98.9 Å². The van der Waals surface area contributed by atoms with E-state index in [4.69, 9.17) is 0 Å². The zero-order valence-corrected chi connectivity index (χ0v) is 10.8. The third kappa shape index (κ3) is 3.24. The molecule has 0 aliphatic rings. The van der Waals surface area contributed by atoms with E-state index in [9.17, 15) is 5.11 Å². The molecule has 0 saturated carbocycles. The molecule has 0 bridgehead atoms. The second-order valence-corrected chi connectivity index (χ2v) is 4.68. The van der Waals surface area contributed by atoms with Crippen molar-refractivity contribution in [1.29, 1.82) is 0 Å². The van der Waals surface area contributed by atoms with Crippen molar-refractivity contribution in [2.45, 2.75) is 33.8 Å². The van der Waals surface area contributed by atoms with Crippen LogP contribution in [0, 0.1) is 12.8 Å². The van der Waals surface area contributed by atoms with Crippen LogP contribution in [0.15, 0.2) is 18.2 Å². The first-order valence-electron chi connectivity index (χ1n) is 6.00. The number of aliphatic hydroxyl groups excluding tert-OH is 1. The van der Waals surface area contributed by atoms with E-state index in [1.807, 2.05) is 0 Å². The highest BCUT2D eigenvalue weighted by Gasteiger charge is 2.09. The van der Waals surface area contributed by atoms with E-state index >= 15 is 0 Å². The third-order valence-electron chi connectivity index (χ3n) is 3.10. The van der Waals surface area contributed by atoms with Gasteiger partial charge in [0.1, 0.15) is 0 Å². The van der Waals surface area contributed by atoms with E-state index in [0.717, 1.165) is 17.8 Å². The smallest absolute Gasteiger partial charge is 0.0702 e. The molecule has 1 aromatic rings. The van der Waals surface area contributed by atoms with Gasteiger partial charge in [-0.25, -0.2) is 0 Å². The van der Waals surface area contributed by atoms with Gasteiger partial charge in [0.05, 0.1) is 6.61 Å². The third-order valence-corrected chi connectivity index (χ3v) is 3.10. The van der Waals surface area contributed by atoms with Gasteiger partial charge in [-0.2, -0.15) is 0 Å². The number of hydrogen-bond donors (Lipinski definition) is 1. The van der Waals surface area contributed by atoms with Crippen molar-refractivity contribution in [3.63, 3.8) is 0 Å². The number of anilines is 1. The van der Waals surface area contributed by atoms with Crippen LogP contribution in [-0.2, 0) is 6.61 Å². The summed E-state index contributed by atoms with van der Waals surface area (Å²) in [6.45, 7) is 7.66. The molecule has 1 atom stereocenters. The molecule has 2 heteroatoms. The summed E-state index contributed by atoms with van der Waals surface area (Å²) in [7, 11) is 2.09. The molecule has 1 N–H and O–H groups in total. The van der Waals surface area contributed by atoms with Crippen LogP contribution >= 0.6 is 0 Å². The van der Waals surface area contributed by atoms with Gasteiger partial charge in [0.15, 0.2) is 0 Å². The second-order valence-electron chi connectivity index (χ2n) is 4.68. The van der Waals surface area contributed by atoms with Crippen molar-refractivity contribution in [2.24, 2.45) is 5.92 Å². The van der Waals surface area contributed by atoms with Gasteiger partial charge in [-0.05, 0) is 18.9 Å². The summed E-state index contributed by atoms with van der Waals surface area (Å²) in [6, 6.07) is 6.26. The molecule has 16 heavy (non-hydrogen) atoms. The van der Waals surface area contributed by atoms with E-state index in [2.05, 4.69) is 50.9 Å². The Morgan fingerprint density at radius 2 is 2.06 bits per heavy atom. The quantitative estimate of drug-likeness (QED) is 0.826. The first-order chi connectivity index (χ1) is 7.58. The number of hydrogen-bond acceptors (Lipinski definition) is 2. The molecule has 1 rings (SSSR count). The van der Waals surface area contributed by atoms with Gasteiger partial charge in [-0.15, -0.1) is 0 Å². The first kappa shape index (κ1) is 13.0. The maximum Gasteiger partial charge on any atom is 0.0702 e. The molecule has 2 nitrogen and oxygen atoms in total. The molecular formula is C14H23NO. The molecule has 0 spiro atoms. The molecule has 0 radical (unpaired) electrons. The molecule has 0 aliphatic carbocycles. The lowest BCUT2D eigenvalue weighted by Gasteiger charge is -2.25. The Hall–Kier alpha value is -1.02. The Bertz CT molecular complexity index is 336. The largest absolute Gasteiger partial charge is 0.392 e. The predicted octanol–water partition coefficient (Wildman–Crippen LogP) is 2.97. The van der Waals surface area contributed by atoms with Gasteiger partial charge in [-0.1, -0.05) is 38.0 Å². The average molecular weight is 221 g/mol. The minimum absolute atomic E-state index is 0.113. The minimum Gasteiger partial charge on any atom is -0.392 e. The van der Waals surface area contributed by atoms with Gasteiger partial charge >= 0.3 is 0 Å². The Morgan fingerprint density at radius 1 is 1.38 bits per heavy atom. The van der Waals surface area contributed by atoms with Crippen LogP contribution in [-0.4, -0.2) is 18.7 Å². The number of nitrogens with zero attached hydrogens (tertiary/aromatic N) is 1. The zero-order valence-electron chi connectivity index (χ0n) is 10.8. The summed E-state index contributed by atoms with van der Waals surface area (Å²) in [5.74, 6) is 0.679. The highest BCUT2D eigenvalue weighted by molar-refractivity contribution is 5.54. The molecule has 0 saturated heterocycles. The van der Waals surface area contributed by atoms with Crippen LogP contribution in [0.4, 0.5) is 5.69 Å². The van der Waals surface area contributed by atoms with Gasteiger partial charge in [0.2, 0.25) is 0 Å². The monoisotopic (exact) mass is 221 g/mol. The number of rotatable bonds is 5. The van der Waals surface area contributed by atoms with Gasteiger partial charge in [0, 0.05) is 24.8 Å². The fourth-order valence-corrected chi connectivity index (χ4v) is 1.91. The number of aryl methyl sites for hydroxylation is 1. The summed E-state index contributed by atoms with van der Waals surface area (Å²) >= 11 is 0. The molecule has 0 heterocycles. The lowest BCUT2D eigenvalue weighted by Crippen LogP contribution is -2.24. The summed E-state index contributed by atoms with van der Waals surface area (Å²) in [6.07, 6.45) is 1.19. The van der Waals surface area contributed by atoms with Crippen molar-refractivity contribution < 1.29 is 5.11 Å². The lowest BCUT2D eigenvalue weighted by molar-refractivity contribution is 0.282. The molecule has 1 aromatic carbocycles. The van der Waals surface area contributed by atoms with Crippen LogP contribution in [0.2, 0.25) is 0 Å². The fraction of sp³-hybridized carbons (Fsp3) is 0.571. The molecular weight excluding hydrogens is 198 g/mol. The topological polar surface area (TPSA) is 23.5 Å². The summed E-state index contributed by atoms with van der Waals surface area (Å²) < 4.78 is 0. The van der Waals surface area contributed by atoms with E-state index in [-0.39, 0.29) is 6.61 Å². The molecule has 90 valence electrons. The van der Waals surface area contributed by atoms with Crippen LogP contribution in [0.3, 0.4) is 0 Å². The van der Waals surface area contributed by atoms with Crippen LogP contribution in [0.5, 0.6) is 0 Å². The summed E-state index contributed by atoms with van der Waals surface area (Å²) in [4.78, 5) is 2.24. The fourth-order valence-electron chi connectivity index (χ4n) is 1.91. The zero-order chi connectivity index (χ0) is 12.1. The van der Waals surface area contributed by atoms with E-state index in [1.165, 1.54) is 12.0 Å².